The molecule has 0 aromatic heterocycles. The van der Waals surface area contributed by atoms with E-state index in [9.17, 15) is 13.2 Å². The number of rotatable bonds is 6. The summed E-state index contributed by atoms with van der Waals surface area (Å²) in [5.41, 5.74) is 0. The van der Waals surface area contributed by atoms with Gasteiger partial charge in [-0.1, -0.05) is 0 Å². The van der Waals surface area contributed by atoms with Crippen molar-refractivity contribution in [3.63, 3.8) is 0 Å². The minimum Gasteiger partial charge on any atom is -0.496 e. The second kappa shape index (κ2) is 6.42. The van der Waals surface area contributed by atoms with E-state index in [1.54, 1.807) is 0 Å². The number of aliphatic carboxylic acids is 1. The Balaban J connectivity index is 3.33. The highest BCUT2D eigenvalue weighted by atomic mass is 79.9. The van der Waals surface area contributed by atoms with Gasteiger partial charge < -0.3 is 14.6 Å². The standard InChI is InChI=1S/C11H14BrNO6S/c1-6(11(14)15)13-20(16,17)10-5-8(18-2)7(12)4-9(10)19-3/h4-6,13H,1-3H3,(H,14,15)/t6-/m0/s1. The lowest BCUT2D eigenvalue weighted by Crippen LogP contribution is -2.38. The molecule has 0 unspecified atom stereocenters. The third-order valence-corrected chi connectivity index (χ3v) is 4.61. The second-order valence-corrected chi connectivity index (χ2v) is 6.36. The Labute approximate surface area is 125 Å². The molecule has 0 aliphatic carbocycles. The molecular formula is C11H14BrNO6S. The second-order valence-electron chi connectivity index (χ2n) is 3.82. The highest BCUT2D eigenvalue weighted by molar-refractivity contribution is 9.10. The van der Waals surface area contributed by atoms with Crippen molar-refractivity contribution in [1.82, 2.24) is 4.72 Å². The van der Waals surface area contributed by atoms with Crippen LogP contribution in [0.3, 0.4) is 0 Å². The normalized spacial score (nSPS) is 12.8. The SMILES string of the molecule is COc1cc(S(=O)(=O)N[C@@H](C)C(=O)O)c(OC)cc1Br. The highest BCUT2D eigenvalue weighted by Gasteiger charge is 2.26. The van der Waals surface area contributed by atoms with Gasteiger partial charge >= 0.3 is 5.97 Å². The molecule has 9 heteroatoms. The van der Waals surface area contributed by atoms with Gasteiger partial charge in [0.2, 0.25) is 10.0 Å². The fourth-order valence-electron chi connectivity index (χ4n) is 1.39. The van der Waals surface area contributed by atoms with Crippen molar-refractivity contribution in [2.75, 3.05) is 14.2 Å². The maximum atomic E-state index is 12.2. The molecule has 1 aromatic carbocycles. The zero-order valence-corrected chi connectivity index (χ0v) is 13.4. The van der Waals surface area contributed by atoms with Crippen LogP contribution in [0, 0.1) is 0 Å². The molecule has 0 aliphatic heterocycles. The maximum Gasteiger partial charge on any atom is 0.321 e. The zero-order valence-electron chi connectivity index (χ0n) is 11.0. The molecule has 7 nitrogen and oxygen atoms in total. The van der Waals surface area contributed by atoms with Gasteiger partial charge in [-0.15, -0.1) is 0 Å². The highest BCUT2D eigenvalue weighted by Crippen LogP contribution is 2.35. The van der Waals surface area contributed by atoms with Gasteiger partial charge in [-0.25, -0.2) is 8.42 Å². The molecule has 0 amide bonds. The van der Waals surface area contributed by atoms with Crippen LogP contribution in [0.4, 0.5) is 0 Å². The van der Waals surface area contributed by atoms with Crippen molar-refractivity contribution in [2.24, 2.45) is 0 Å². The molecule has 0 spiro atoms. The number of methoxy groups -OCH3 is 2. The largest absolute Gasteiger partial charge is 0.496 e. The quantitative estimate of drug-likeness (QED) is 0.783. The van der Waals surface area contributed by atoms with Gasteiger partial charge in [0, 0.05) is 6.07 Å². The summed E-state index contributed by atoms with van der Waals surface area (Å²) in [4.78, 5) is 10.5. The summed E-state index contributed by atoms with van der Waals surface area (Å²) in [5.74, 6) is -0.923. The van der Waals surface area contributed by atoms with Gasteiger partial charge in [0.25, 0.3) is 0 Å². The Hall–Kier alpha value is -1.32. The van der Waals surface area contributed by atoms with E-state index in [-0.39, 0.29) is 16.4 Å². The van der Waals surface area contributed by atoms with Crippen molar-refractivity contribution < 1.29 is 27.8 Å². The van der Waals surface area contributed by atoms with E-state index in [1.165, 1.54) is 33.3 Å². The molecule has 0 bridgehead atoms. The Morgan fingerprint density at radius 3 is 2.30 bits per heavy atom. The van der Waals surface area contributed by atoms with Crippen LogP contribution < -0.4 is 14.2 Å². The topological polar surface area (TPSA) is 102 Å². The number of nitrogens with one attached hydrogen (secondary N) is 1. The van der Waals surface area contributed by atoms with E-state index in [0.29, 0.717) is 4.47 Å². The van der Waals surface area contributed by atoms with Crippen LogP contribution in [0.2, 0.25) is 0 Å². The summed E-state index contributed by atoms with van der Waals surface area (Å²) in [5, 5.41) is 8.77. The summed E-state index contributed by atoms with van der Waals surface area (Å²) in [6, 6.07) is 1.41. The monoisotopic (exact) mass is 367 g/mol. The number of sulfonamides is 1. The summed E-state index contributed by atoms with van der Waals surface area (Å²) in [6.07, 6.45) is 0. The zero-order chi connectivity index (χ0) is 15.5. The van der Waals surface area contributed by atoms with Gasteiger partial charge in [-0.3, -0.25) is 4.79 Å². The first-order valence-corrected chi connectivity index (χ1v) is 7.67. The van der Waals surface area contributed by atoms with E-state index in [4.69, 9.17) is 14.6 Å². The van der Waals surface area contributed by atoms with E-state index >= 15 is 0 Å². The minimum atomic E-state index is -4.05. The van der Waals surface area contributed by atoms with Crippen molar-refractivity contribution in [1.29, 1.82) is 0 Å². The van der Waals surface area contributed by atoms with Crippen LogP contribution in [0.15, 0.2) is 21.5 Å². The van der Waals surface area contributed by atoms with Gasteiger partial charge in [0.05, 0.1) is 18.7 Å². The average molecular weight is 368 g/mol. The summed E-state index contributed by atoms with van der Waals surface area (Å²) in [7, 11) is -1.35. The molecule has 0 saturated heterocycles. The first-order valence-electron chi connectivity index (χ1n) is 5.39. The fraction of sp³-hybridized carbons (Fsp3) is 0.364. The third-order valence-electron chi connectivity index (χ3n) is 2.43. The predicted octanol–water partition coefficient (Wildman–Crippen LogP) is 1.22. The molecule has 1 aromatic rings. The lowest BCUT2D eigenvalue weighted by Gasteiger charge is -2.15. The molecule has 0 aliphatic rings. The van der Waals surface area contributed by atoms with Crippen LogP contribution in [0.1, 0.15) is 6.92 Å². The van der Waals surface area contributed by atoms with Crippen LogP contribution in [-0.2, 0) is 14.8 Å². The van der Waals surface area contributed by atoms with Crippen LogP contribution >= 0.6 is 15.9 Å². The van der Waals surface area contributed by atoms with Crippen molar-refractivity contribution >= 4 is 31.9 Å². The van der Waals surface area contributed by atoms with Gasteiger partial charge in [0.15, 0.2) is 0 Å². The Morgan fingerprint density at radius 1 is 1.30 bits per heavy atom. The van der Waals surface area contributed by atoms with E-state index in [0.717, 1.165) is 0 Å². The molecular weight excluding hydrogens is 354 g/mol. The molecule has 0 heterocycles. The Kier molecular flexibility index (Phi) is 5.37. The van der Waals surface area contributed by atoms with Crippen LogP contribution in [-0.4, -0.2) is 39.8 Å². The Morgan fingerprint density at radius 2 is 1.85 bits per heavy atom. The van der Waals surface area contributed by atoms with Gasteiger partial charge in [0.1, 0.15) is 22.4 Å². The fourth-order valence-corrected chi connectivity index (χ4v) is 3.24. The number of carbonyl (C=O) groups is 1. The molecule has 112 valence electrons. The molecule has 0 fully saturated rings. The number of hydrogen-bond acceptors (Lipinski definition) is 5. The summed E-state index contributed by atoms with van der Waals surface area (Å²) in [6.45, 7) is 1.22. The molecule has 0 saturated carbocycles. The average Bonchev–Trinajstić information content (AvgIpc) is 2.37. The first-order chi connectivity index (χ1) is 9.22. The number of ether oxygens (including phenoxy) is 2. The lowest BCUT2D eigenvalue weighted by molar-refractivity contribution is -0.138. The third kappa shape index (κ3) is 3.62. The van der Waals surface area contributed by atoms with Gasteiger partial charge in [-0.05, 0) is 28.9 Å². The predicted molar refractivity (Wildman–Crippen MR) is 74.7 cm³/mol. The van der Waals surface area contributed by atoms with Crippen LogP contribution in [0.25, 0.3) is 0 Å². The number of carboxylic acids is 1. The molecule has 1 atom stereocenters. The van der Waals surface area contributed by atoms with E-state index in [1.807, 2.05) is 4.72 Å². The van der Waals surface area contributed by atoms with Crippen molar-refractivity contribution in [3.05, 3.63) is 16.6 Å². The maximum absolute atomic E-state index is 12.2. The first kappa shape index (κ1) is 16.7. The lowest BCUT2D eigenvalue weighted by atomic mass is 10.3. The minimum absolute atomic E-state index is 0.0720. The summed E-state index contributed by atoms with van der Waals surface area (Å²) >= 11 is 3.21. The van der Waals surface area contributed by atoms with Crippen molar-refractivity contribution in [3.8, 4) is 11.5 Å². The number of benzene rings is 1. The number of halogens is 1. The Bertz CT molecular complexity index is 616. The number of hydrogen-bond donors (Lipinski definition) is 2. The van der Waals surface area contributed by atoms with Gasteiger partial charge in [-0.2, -0.15) is 4.72 Å². The van der Waals surface area contributed by atoms with Crippen molar-refractivity contribution in [2.45, 2.75) is 17.9 Å². The molecule has 0 radical (unpaired) electrons. The molecule has 1 rings (SSSR count). The van der Waals surface area contributed by atoms with E-state index in [2.05, 4.69) is 15.9 Å². The molecule has 20 heavy (non-hydrogen) atoms. The van der Waals surface area contributed by atoms with E-state index < -0.39 is 22.0 Å². The number of carboxylic acid groups (broad SMARTS) is 1. The smallest absolute Gasteiger partial charge is 0.321 e. The summed E-state index contributed by atoms with van der Waals surface area (Å²) < 4.78 is 36.9. The molecule has 2 N–H and O–H groups in total. The van der Waals surface area contributed by atoms with Crippen LogP contribution in [0.5, 0.6) is 11.5 Å².